The highest BCUT2D eigenvalue weighted by Crippen LogP contribution is 2.14. The van der Waals surface area contributed by atoms with Crippen LogP contribution in [0, 0.1) is 0 Å². The molecule has 0 aliphatic carbocycles. The Kier molecular flexibility index (Phi) is 2.55. The zero-order valence-electron chi connectivity index (χ0n) is 7.69. The summed E-state index contributed by atoms with van der Waals surface area (Å²) in [5.41, 5.74) is 5.90. The second-order valence-electron chi connectivity index (χ2n) is 2.96. The summed E-state index contributed by atoms with van der Waals surface area (Å²) in [7, 11) is 0. The Bertz CT molecular complexity index is 494. The summed E-state index contributed by atoms with van der Waals surface area (Å²) in [4.78, 5) is 32.7. The number of fused-ring (bicyclic) bond motifs is 1. The lowest BCUT2D eigenvalue weighted by Gasteiger charge is -2.00. The number of aromatic nitrogens is 2. The van der Waals surface area contributed by atoms with E-state index in [1.54, 1.807) is 0 Å². The number of hydrogen-bond acceptors (Lipinski definition) is 5. The predicted octanol–water partition coefficient (Wildman–Crippen LogP) is -0.720. The Morgan fingerprint density at radius 2 is 2.47 bits per heavy atom. The molecule has 1 aliphatic heterocycles. The Hall–Kier alpha value is -1.63. The Morgan fingerprint density at radius 1 is 1.67 bits per heavy atom. The molecule has 0 spiro atoms. The number of nitrogens with two attached hydrogens (primary N) is 1. The van der Waals surface area contributed by atoms with Crippen molar-refractivity contribution in [3.05, 3.63) is 21.6 Å². The minimum Gasteiger partial charge on any atom is -0.369 e. The molecule has 2 heterocycles. The van der Waals surface area contributed by atoms with Crippen molar-refractivity contribution in [3.63, 3.8) is 0 Å². The summed E-state index contributed by atoms with van der Waals surface area (Å²) in [6, 6.07) is 0. The largest absolute Gasteiger partial charge is 0.369 e. The van der Waals surface area contributed by atoms with Crippen LogP contribution in [0.15, 0.2) is 14.9 Å². The molecule has 1 aliphatic rings. The molecule has 1 amide bonds. The molecular formula is C8H8N4O2S. The van der Waals surface area contributed by atoms with E-state index in [2.05, 4.69) is 15.0 Å². The molecule has 0 bridgehead atoms. The first kappa shape index (κ1) is 9.91. The van der Waals surface area contributed by atoms with Gasteiger partial charge in [0, 0.05) is 6.21 Å². The van der Waals surface area contributed by atoms with Gasteiger partial charge < -0.3 is 10.7 Å². The third-order valence-corrected chi connectivity index (χ3v) is 2.72. The molecule has 1 aromatic heterocycles. The van der Waals surface area contributed by atoms with Gasteiger partial charge in [-0.05, 0) is 0 Å². The van der Waals surface area contributed by atoms with Crippen LogP contribution in [0.4, 0.5) is 0 Å². The monoisotopic (exact) mass is 224 g/mol. The van der Waals surface area contributed by atoms with Crippen LogP contribution in [0.3, 0.4) is 0 Å². The summed E-state index contributed by atoms with van der Waals surface area (Å²) in [6.45, 7) is 0.420. The molecule has 78 valence electrons. The third kappa shape index (κ3) is 2.07. The Labute approximate surface area is 89.0 Å². The zero-order valence-corrected chi connectivity index (χ0v) is 8.50. The van der Waals surface area contributed by atoms with Crippen LogP contribution in [0.1, 0.15) is 11.3 Å². The number of carbonyl (C=O) groups is 1. The minimum absolute atomic E-state index is 0.0998. The van der Waals surface area contributed by atoms with Crippen molar-refractivity contribution in [1.82, 2.24) is 9.97 Å². The van der Waals surface area contributed by atoms with Crippen LogP contribution >= 0.6 is 11.8 Å². The molecule has 2 rings (SSSR count). The third-order valence-electron chi connectivity index (χ3n) is 1.83. The van der Waals surface area contributed by atoms with Gasteiger partial charge in [-0.15, -0.1) is 0 Å². The molecule has 0 fully saturated rings. The number of aromatic amines is 1. The van der Waals surface area contributed by atoms with E-state index in [9.17, 15) is 9.59 Å². The van der Waals surface area contributed by atoms with Crippen molar-refractivity contribution in [2.75, 3.05) is 5.75 Å². The van der Waals surface area contributed by atoms with Crippen molar-refractivity contribution in [3.8, 4) is 0 Å². The van der Waals surface area contributed by atoms with Gasteiger partial charge in [0.1, 0.15) is 0 Å². The number of H-pyrrole nitrogens is 1. The van der Waals surface area contributed by atoms with E-state index in [1.165, 1.54) is 6.21 Å². The molecule has 15 heavy (non-hydrogen) atoms. The number of nitrogens with one attached hydrogen (secondary N) is 1. The van der Waals surface area contributed by atoms with E-state index in [1.807, 2.05) is 0 Å². The molecule has 0 saturated carbocycles. The van der Waals surface area contributed by atoms with Crippen molar-refractivity contribution in [2.24, 2.45) is 10.7 Å². The number of nitrogens with zero attached hydrogens (tertiary/aromatic N) is 2. The molecule has 1 aromatic rings. The minimum atomic E-state index is -0.445. The maximum absolute atomic E-state index is 11.5. The van der Waals surface area contributed by atoms with Crippen LogP contribution in [-0.4, -0.2) is 27.8 Å². The van der Waals surface area contributed by atoms with Crippen molar-refractivity contribution in [2.45, 2.75) is 11.7 Å². The van der Waals surface area contributed by atoms with Gasteiger partial charge in [-0.25, -0.2) is 4.98 Å². The van der Waals surface area contributed by atoms with Gasteiger partial charge >= 0.3 is 0 Å². The van der Waals surface area contributed by atoms with Gasteiger partial charge in [0.25, 0.3) is 5.56 Å². The molecular weight excluding hydrogens is 216 g/mol. The highest BCUT2D eigenvalue weighted by atomic mass is 32.2. The van der Waals surface area contributed by atoms with Gasteiger partial charge in [0.15, 0.2) is 5.16 Å². The average molecular weight is 224 g/mol. The van der Waals surface area contributed by atoms with Gasteiger partial charge in [-0.1, -0.05) is 11.8 Å². The predicted molar refractivity (Wildman–Crippen MR) is 56.1 cm³/mol. The molecule has 6 nitrogen and oxygen atoms in total. The maximum Gasteiger partial charge on any atom is 0.260 e. The number of primary amides is 1. The fraction of sp³-hybridized carbons (Fsp3) is 0.250. The first-order valence-corrected chi connectivity index (χ1v) is 5.19. The topological polar surface area (TPSA) is 101 Å². The van der Waals surface area contributed by atoms with E-state index >= 15 is 0 Å². The first-order chi connectivity index (χ1) is 7.16. The molecule has 3 N–H and O–H groups in total. The second kappa shape index (κ2) is 3.85. The van der Waals surface area contributed by atoms with Gasteiger partial charge in [-0.3, -0.25) is 14.6 Å². The van der Waals surface area contributed by atoms with Gasteiger partial charge in [0.2, 0.25) is 5.91 Å². The SMILES string of the molecule is NC(=O)CSc1nc2c(c(=O)[nH]1)C=NC2. The van der Waals surface area contributed by atoms with Crippen LogP contribution < -0.4 is 11.3 Å². The lowest BCUT2D eigenvalue weighted by Crippen LogP contribution is -2.17. The number of carbonyl (C=O) groups excluding carboxylic acids is 1. The van der Waals surface area contributed by atoms with Gasteiger partial charge in [-0.2, -0.15) is 0 Å². The van der Waals surface area contributed by atoms with Gasteiger partial charge in [0.05, 0.1) is 23.6 Å². The van der Waals surface area contributed by atoms with Crippen LogP contribution in [0.5, 0.6) is 0 Å². The molecule has 7 heteroatoms. The van der Waals surface area contributed by atoms with Crippen LogP contribution in [0.25, 0.3) is 0 Å². The lowest BCUT2D eigenvalue weighted by atomic mass is 10.3. The second-order valence-corrected chi connectivity index (χ2v) is 3.92. The molecule has 0 unspecified atom stereocenters. The normalized spacial score (nSPS) is 12.8. The molecule has 0 radical (unpaired) electrons. The summed E-state index contributed by atoms with van der Waals surface area (Å²) in [5, 5.41) is 0.406. The van der Waals surface area contributed by atoms with E-state index in [-0.39, 0.29) is 11.3 Å². The highest BCUT2D eigenvalue weighted by Gasteiger charge is 2.13. The number of amides is 1. The maximum atomic E-state index is 11.5. The number of rotatable bonds is 3. The average Bonchev–Trinajstić information content (AvgIpc) is 2.63. The molecule has 0 atom stereocenters. The molecule has 0 aromatic carbocycles. The quantitative estimate of drug-likeness (QED) is 0.522. The highest BCUT2D eigenvalue weighted by molar-refractivity contribution is 7.99. The fourth-order valence-electron chi connectivity index (χ4n) is 1.19. The van der Waals surface area contributed by atoms with Crippen LogP contribution in [-0.2, 0) is 11.3 Å². The first-order valence-electron chi connectivity index (χ1n) is 4.21. The number of hydrogen-bond donors (Lipinski definition) is 2. The van der Waals surface area contributed by atoms with E-state index in [0.717, 1.165) is 11.8 Å². The summed E-state index contributed by atoms with van der Waals surface area (Å²) in [6.07, 6.45) is 1.50. The van der Waals surface area contributed by atoms with E-state index in [4.69, 9.17) is 5.73 Å². The summed E-state index contributed by atoms with van der Waals surface area (Å²) >= 11 is 1.11. The lowest BCUT2D eigenvalue weighted by molar-refractivity contribution is -0.115. The Morgan fingerprint density at radius 3 is 3.20 bits per heavy atom. The van der Waals surface area contributed by atoms with Crippen molar-refractivity contribution >= 4 is 23.9 Å². The summed E-state index contributed by atoms with van der Waals surface area (Å²) < 4.78 is 0. The number of thioether (sulfide) groups is 1. The smallest absolute Gasteiger partial charge is 0.260 e. The Balaban J connectivity index is 2.26. The van der Waals surface area contributed by atoms with Crippen molar-refractivity contribution < 1.29 is 4.79 Å². The number of aliphatic imine (C=N–C) groups is 1. The molecule has 0 saturated heterocycles. The standard InChI is InChI=1S/C8H8N4O2S/c9-6(13)3-15-8-11-5-2-10-1-4(5)7(14)12-8/h1H,2-3H2,(H2,9,13)(H,11,12,14). The van der Waals surface area contributed by atoms with Crippen LogP contribution in [0.2, 0.25) is 0 Å². The zero-order chi connectivity index (χ0) is 10.8. The van der Waals surface area contributed by atoms with E-state index in [0.29, 0.717) is 23.0 Å². The fourth-order valence-corrected chi connectivity index (χ4v) is 1.81. The van der Waals surface area contributed by atoms with Crippen molar-refractivity contribution in [1.29, 1.82) is 0 Å². The summed E-state index contributed by atoms with van der Waals surface area (Å²) in [5.74, 6) is -0.345. The van der Waals surface area contributed by atoms with E-state index < -0.39 is 5.91 Å².